The summed E-state index contributed by atoms with van der Waals surface area (Å²) in [5.74, 6) is 0.578. The van der Waals surface area contributed by atoms with E-state index in [1.54, 1.807) is 6.20 Å². The molecule has 3 rings (SSSR count). The Morgan fingerprint density at radius 3 is 3.00 bits per heavy atom. The number of carbonyl (C=O) groups is 1. The predicted octanol–water partition coefficient (Wildman–Crippen LogP) is 0.815. The van der Waals surface area contributed by atoms with Crippen molar-refractivity contribution in [2.24, 2.45) is 5.92 Å². The summed E-state index contributed by atoms with van der Waals surface area (Å²) in [6, 6.07) is 0. The van der Waals surface area contributed by atoms with Gasteiger partial charge < -0.3 is 9.47 Å². The quantitative estimate of drug-likeness (QED) is 0.822. The van der Waals surface area contributed by atoms with Crippen molar-refractivity contribution in [2.45, 2.75) is 13.5 Å². The summed E-state index contributed by atoms with van der Waals surface area (Å²) < 4.78 is 5.84. The van der Waals surface area contributed by atoms with E-state index in [0.717, 1.165) is 25.3 Å². The maximum absolute atomic E-state index is 12.1. The molecule has 0 N–H and O–H groups in total. The highest BCUT2D eigenvalue weighted by Crippen LogP contribution is 2.22. The highest BCUT2D eigenvalue weighted by molar-refractivity contribution is 7.07. The van der Waals surface area contributed by atoms with Gasteiger partial charge in [0.05, 0.1) is 12.0 Å². The van der Waals surface area contributed by atoms with Gasteiger partial charge in [-0.3, -0.25) is 4.79 Å². The third kappa shape index (κ3) is 2.01. The van der Waals surface area contributed by atoms with E-state index in [4.69, 9.17) is 0 Å². The van der Waals surface area contributed by atoms with E-state index in [1.807, 2.05) is 28.9 Å². The van der Waals surface area contributed by atoms with Crippen LogP contribution >= 0.6 is 11.5 Å². The minimum Gasteiger partial charge on any atom is -0.337 e. The van der Waals surface area contributed by atoms with Crippen LogP contribution in [0.3, 0.4) is 0 Å². The SMILES string of the molecule is Cc1nnsc1C(=O)N1CC(Cn2ccnc2)C1. The van der Waals surface area contributed by atoms with Crippen molar-refractivity contribution >= 4 is 17.4 Å². The Morgan fingerprint density at radius 2 is 2.39 bits per heavy atom. The van der Waals surface area contributed by atoms with E-state index < -0.39 is 0 Å². The first-order chi connectivity index (χ1) is 8.74. The number of nitrogens with zero attached hydrogens (tertiary/aromatic N) is 5. The topological polar surface area (TPSA) is 63.9 Å². The number of likely N-dealkylation sites (tertiary alicyclic amines) is 1. The largest absolute Gasteiger partial charge is 0.337 e. The zero-order chi connectivity index (χ0) is 12.5. The lowest BCUT2D eigenvalue weighted by Crippen LogP contribution is -2.51. The Labute approximate surface area is 108 Å². The lowest BCUT2D eigenvalue weighted by atomic mass is 10.00. The second-order valence-electron chi connectivity index (χ2n) is 4.52. The molecule has 0 unspecified atom stereocenters. The molecule has 1 aliphatic rings. The molecule has 6 nitrogen and oxygen atoms in total. The summed E-state index contributed by atoms with van der Waals surface area (Å²) in [5.41, 5.74) is 0.725. The Bertz CT molecular complexity index is 544. The van der Waals surface area contributed by atoms with Gasteiger partial charge in [0, 0.05) is 37.9 Å². The van der Waals surface area contributed by atoms with Crippen LogP contribution < -0.4 is 0 Å². The van der Waals surface area contributed by atoms with Crippen LogP contribution in [0, 0.1) is 12.8 Å². The van der Waals surface area contributed by atoms with Crippen LogP contribution in [0.4, 0.5) is 0 Å². The van der Waals surface area contributed by atoms with Crippen molar-refractivity contribution in [3.05, 3.63) is 29.3 Å². The van der Waals surface area contributed by atoms with E-state index in [0.29, 0.717) is 10.8 Å². The molecule has 0 aromatic carbocycles. The minimum absolute atomic E-state index is 0.0596. The Hall–Kier alpha value is -1.76. The predicted molar refractivity (Wildman–Crippen MR) is 66.3 cm³/mol. The first-order valence-electron chi connectivity index (χ1n) is 5.78. The van der Waals surface area contributed by atoms with Crippen LogP contribution in [0.1, 0.15) is 15.4 Å². The number of aromatic nitrogens is 4. The Kier molecular flexibility index (Phi) is 2.83. The maximum Gasteiger partial charge on any atom is 0.267 e. The van der Waals surface area contributed by atoms with Crippen molar-refractivity contribution in [1.82, 2.24) is 24.0 Å². The smallest absolute Gasteiger partial charge is 0.267 e. The Morgan fingerprint density at radius 1 is 1.56 bits per heavy atom. The van der Waals surface area contributed by atoms with Crippen LogP contribution in [0.15, 0.2) is 18.7 Å². The van der Waals surface area contributed by atoms with Crippen LogP contribution in [-0.2, 0) is 6.54 Å². The van der Waals surface area contributed by atoms with Crippen LogP contribution in [0.25, 0.3) is 0 Å². The summed E-state index contributed by atoms with van der Waals surface area (Å²) in [5, 5.41) is 3.87. The molecule has 1 fully saturated rings. The first kappa shape index (κ1) is 11.3. The molecule has 2 aromatic heterocycles. The number of imidazole rings is 1. The van der Waals surface area contributed by atoms with Crippen LogP contribution in [0.5, 0.6) is 0 Å². The molecule has 0 spiro atoms. The Balaban J connectivity index is 1.56. The van der Waals surface area contributed by atoms with E-state index in [2.05, 4.69) is 14.6 Å². The molecule has 1 aliphatic heterocycles. The van der Waals surface area contributed by atoms with E-state index in [-0.39, 0.29) is 5.91 Å². The second kappa shape index (κ2) is 4.49. The number of hydrogen-bond acceptors (Lipinski definition) is 5. The molecule has 7 heteroatoms. The van der Waals surface area contributed by atoms with E-state index >= 15 is 0 Å². The number of amides is 1. The average molecular weight is 263 g/mol. The third-order valence-electron chi connectivity index (χ3n) is 3.12. The van der Waals surface area contributed by atoms with Gasteiger partial charge in [-0.25, -0.2) is 4.98 Å². The lowest BCUT2D eigenvalue weighted by Gasteiger charge is -2.39. The van der Waals surface area contributed by atoms with Crippen molar-refractivity contribution in [2.75, 3.05) is 13.1 Å². The molecule has 0 atom stereocenters. The van der Waals surface area contributed by atoms with Crippen LogP contribution in [-0.4, -0.2) is 43.0 Å². The molecular formula is C11H13N5OS. The molecule has 0 saturated carbocycles. The molecule has 3 heterocycles. The van der Waals surface area contributed by atoms with Crippen molar-refractivity contribution in [3.8, 4) is 0 Å². The number of hydrogen-bond donors (Lipinski definition) is 0. The summed E-state index contributed by atoms with van der Waals surface area (Å²) >= 11 is 1.17. The highest BCUT2D eigenvalue weighted by atomic mass is 32.1. The standard InChI is InChI=1S/C11H13N5OS/c1-8-10(18-14-13-8)11(17)16-5-9(6-16)4-15-3-2-12-7-15/h2-3,7,9H,4-6H2,1H3. The molecule has 2 aromatic rings. The zero-order valence-electron chi connectivity index (χ0n) is 9.98. The normalized spacial score (nSPS) is 15.7. The van der Waals surface area contributed by atoms with E-state index in [9.17, 15) is 4.79 Å². The van der Waals surface area contributed by atoms with Crippen molar-refractivity contribution in [1.29, 1.82) is 0 Å². The van der Waals surface area contributed by atoms with Gasteiger partial charge in [-0.15, -0.1) is 5.10 Å². The number of aryl methyl sites for hydroxylation is 1. The highest BCUT2D eigenvalue weighted by Gasteiger charge is 2.32. The fraction of sp³-hybridized carbons (Fsp3) is 0.455. The fourth-order valence-electron chi connectivity index (χ4n) is 2.12. The maximum atomic E-state index is 12.1. The summed E-state index contributed by atoms with van der Waals surface area (Å²) in [6.07, 6.45) is 5.53. The molecule has 0 aliphatic carbocycles. The van der Waals surface area contributed by atoms with Crippen molar-refractivity contribution < 1.29 is 4.79 Å². The van der Waals surface area contributed by atoms with Crippen molar-refractivity contribution in [3.63, 3.8) is 0 Å². The summed E-state index contributed by atoms with van der Waals surface area (Å²) in [4.78, 5) is 18.6. The molecule has 0 bridgehead atoms. The monoisotopic (exact) mass is 263 g/mol. The lowest BCUT2D eigenvalue weighted by molar-refractivity contribution is 0.0472. The number of rotatable bonds is 3. The van der Waals surface area contributed by atoms with Crippen LogP contribution in [0.2, 0.25) is 0 Å². The van der Waals surface area contributed by atoms with Gasteiger partial charge in [0.2, 0.25) is 0 Å². The van der Waals surface area contributed by atoms with Gasteiger partial charge in [0.15, 0.2) is 0 Å². The first-order valence-corrected chi connectivity index (χ1v) is 6.55. The molecular weight excluding hydrogens is 250 g/mol. The van der Waals surface area contributed by atoms with Gasteiger partial charge in [0.25, 0.3) is 5.91 Å². The molecule has 18 heavy (non-hydrogen) atoms. The van der Waals surface area contributed by atoms with E-state index in [1.165, 1.54) is 11.5 Å². The van der Waals surface area contributed by atoms with Gasteiger partial charge >= 0.3 is 0 Å². The summed E-state index contributed by atoms with van der Waals surface area (Å²) in [6.45, 7) is 4.34. The molecule has 0 radical (unpaired) electrons. The molecule has 94 valence electrons. The number of carbonyl (C=O) groups excluding carboxylic acids is 1. The van der Waals surface area contributed by atoms with Gasteiger partial charge in [-0.1, -0.05) is 4.49 Å². The zero-order valence-corrected chi connectivity index (χ0v) is 10.8. The minimum atomic E-state index is 0.0596. The van der Waals surface area contributed by atoms with Gasteiger partial charge in [-0.05, 0) is 18.5 Å². The second-order valence-corrected chi connectivity index (χ2v) is 5.28. The average Bonchev–Trinajstić information content (AvgIpc) is 2.93. The fourth-order valence-corrected chi connectivity index (χ4v) is 2.74. The third-order valence-corrected chi connectivity index (χ3v) is 3.93. The van der Waals surface area contributed by atoms with Gasteiger partial charge in [-0.2, -0.15) is 0 Å². The van der Waals surface area contributed by atoms with Gasteiger partial charge in [0.1, 0.15) is 4.88 Å². The summed E-state index contributed by atoms with van der Waals surface area (Å²) in [7, 11) is 0. The molecule has 1 saturated heterocycles. The molecule has 1 amide bonds.